The molecule has 2 aromatic carbocycles. The zero-order valence-electron chi connectivity index (χ0n) is 12.6. The molecule has 2 aromatic rings. The number of carbonyl (C=O) groups is 1. The Labute approximate surface area is 142 Å². The second-order valence-electron chi connectivity index (χ2n) is 4.98. The highest BCUT2D eigenvalue weighted by atomic mass is 32.2. The third-order valence-electron chi connectivity index (χ3n) is 3.09. The van der Waals surface area contributed by atoms with Crippen LogP contribution in [0.25, 0.3) is 0 Å². The van der Waals surface area contributed by atoms with E-state index in [-0.39, 0.29) is 11.7 Å². The number of rotatable bonds is 5. The van der Waals surface area contributed by atoms with Gasteiger partial charge in [0.25, 0.3) is 0 Å². The van der Waals surface area contributed by atoms with Gasteiger partial charge >= 0.3 is 0 Å². The second kappa shape index (κ2) is 7.74. The number of halogens is 1. The minimum absolute atomic E-state index is 0.0644. The topological polar surface area (TPSA) is 63.0 Å². The van der Waals surface area contributed by atoms with Crippen molar-refractivity contribution in [1.29, 1.82) is 0 Å². The zero-order valence-corrected chi connectivity index (χ0v) is 13.4. The van der Waals surface area contributed by atoms with E-state index >= 15 is 0 Å². The molecule has 5 nitrogen and oxygen atoms in total. The van der Waals surface area contributed by atoms with Gasteiger partial charge in [0, 0.05) is 6.07 Å². The SMILES string of the molecule is O=C1CSC(=NN=Cc2cccc(COc3cccc(F)c3)c2)N1. The Balaban J connectivity index is 1.60. The van der Waals surface area contributed by atoms with Crippen molar-refractivity contribution in [3.63, 3.8) is 0 Å². The van der Waals surface area contributed by atoms with Crippen LogP contribution in [0.15, 0.2) is 58.7 Å². The van der Waals surface area contributed by atoms with Gasteiger partial charge in [-0.25, -0.2) is 4.39 Å². The van der Waals surface area contributed by atoms with Crippen molar-refractivity contribution in [2.45, 2.75) is 6.61 Å². The second-order valence-corrected chi connectivity index (χ2v) is 5.94. The van der Waals surface area contributed by atoms with E-state index in [9.17, 15) is 9.18 Å². The summed E-state index contributed by atoms with van der Waals surface area (Å²) in [6, 6.07) is 13.6. The maximum absolute atomic E-state index is 13.1. The van der Waals surface area contributed by atoms with E-state index in [1.165, 1.54) is 23.9 Å². The van der Waals surface area contributed by atoms with E-state index in [1.54, 1.807) is 18.3 Å². The van der Waals surface area contributed by atoms with Crippen molar-refractivity contribution in [2.75, 3.05) is 5.75 Å². The maximum atomic E-state index is 13.1. The fourth-order valence-corrected chi connectivity index (χ4v) is 2.64. The summed E-state index contributed by atoms with van der Waals surface area (Å²) < 4.78 is 18.7. The molecule has 0 bridgehead atoms. The van der Waals surface area contributed by atoms with Crippen LogP contribution in [0.5, 0.6) is 5.75 Å². The Morgan fingerprint density at radius 3 is 2.92 bits per heavy atom. The zero-order chi connectivity index (χ0) is 16.8. The molecule has 3 rings (SSSR count). The molecular formula is C17H14FN3O2S. The van der Waals surface area contributed by atoms with Gasteiger partial charge in [-0.2, -0.15) is 5.10 Å². The van der Waals surface area contributed by atoms with Gasteiger partial charge in [-0.3, -0.25) is 4.79 Å². The highest BCUT2D eigenvalue weighted by Gasteiger charge is 2.15. The number of nitrogens with zero attached hydrogens (tertiary/aromatic N) is 2. The van der Waals surface area contributed by atoms with E-state index in [4.69, 9.17) is 4.74 Å². The smallest absolute Gasteiger partial charge is 0.236 e. The van der Waals surface area contributed by atoms with Crippen LogP contribution in [0.1, 0.15) is 11.1 Å². The summed E-state index contributed by atoms with van der Waals surface area (Å²) in [5.41, 5.74) is 1.79. The highest BCUT2D eigenvalue weighted by molar-refractivity contribution is 8.15. The van der Waals surface area contributed by atoms with Crippen LogP contribution in [-0.2, 0) is 11.4 Å². The molecule has 1 fully saturated rings. The molecule has 1 amide bonds. The fourth-order valence-electron chi connectivity index (χ4n) is 2.01. The van der Waals surface area contributed by atoms with Crippen LogP contribution in [0.3, 0.4) is 0 Å². The third-order valence-corrected chi connectivity index (χ3v) is 3.96. The summed E-state index contributed by atoms with van der Waals surface area (Å²) in [5.74, 6) is 0.464. The Kier molecular flexibility index (Phi) is 5.22. The van der Waals surface area contributed by atoms with Crippen molar-refractivity contribution in [3.05, 3.63) is 65.5 Å². The molecule has 0 radical (unpaired) electrons. The van der Waals surface area contributed by atoms with Gasteiger partial charge in [0.1, 0.15) is 18.2 Å². The lowest BCUT2D eigenvalue weighted by Crippen LogP contribution is -2.19. The third kappa shape index (κ3) is 4.66. The van der Waals surface area contributed by atoms with Crippen LogP contribution < -0.4 is 10.1 Å². The molecule has 0 aromatic heterocycles. The molecule has 0 spiro atoms. The van der Waals surface area contributed by atoms with Crippen LogP contribution in [0.2, 0.25) is 0 Å². The van der Waals surface area contributed by atoms with Crippen molar-refractivity contribution < 1.29 is 13.9 Å². The number of amidine groups is 1. The summed E-state index contributed by atoms with van der Waals surface area (Å²) in [4.78, 5) is 11.0. The van der Waals surface area contributed by atoms with Gasteiger partial charge < -0.3 is 10.1 Å². The van der Waals surface area contributed by atoms with Gasteiger partial charge in [0.05, 0.1) is 12.0 Å². The van der Waals surface area contributed by atoms with Crippen LogP contribution in [-0.4, -0.2) is 23.0 Å². The lowest BCUT2D eigenvalue weighted by Gasteiger charge is -2.06. The van der Waals surface area contributed by atoms with Gasteiger partial charge in [-0.1, -0.05) is 36.0 Å². The minimum atomic E-state index is -0.329. The van der Waals surface area contributed by atoms with E-state index in [2.05, 4.69) is 15.5 Å². The number of ether oxygens (including phenoxy) is 1. The molecule has 0 unspecified atom stereocenters. The number of hydrogen-bond acceptors (Lipinski definition) is 5. The number of amides is 1. The van der Waals surface area contributed by atoms with E-state index in [1.807, 2.05) is 24.3 Å². The lowest BCUT2D eigenvalue weighted by molar-refractivity contribution is -0.116. The highest BCUT2D eigenvalue weighted by Crippen LogP contribution is 2.14. The van der Waals surface area contributed by atoms with E-state index in [0.29, 0.717) is 23.3 Å². The normalized spacial score (nSPS) is 15.9. The summed E-state index contributed by atoms with van der Waals surface area (Å²) in [7, 11) is 0. The maximum Gasteiger partial charge on any atom is 0.236 e. The van der Waals surface area contributed by atoms with Crippen LogP contribution >= 0.6 is 11.8 Å². The molecule has 0 atom stereocenters. The van der Waals surface area contributed by atoms with E-state index < -0.39 is 0 Å². The van der Waals surface area contributed by atoms with Crippen LogP contribution in [0.4, 0.5) is 4.39 Å². The van der Waals surface area contributed by atoms with Crippen molar-refractivity contribution in [1.82, 2.24) is 5.32 Å². The molecule has 1 N–H and O–H groups in total. The van der Waals surface area contributed by atoms with E-state index in [0.717, 1.165) is 11.1 Å². The first-order chi connectivity index (χ1) is 11.7. The summed E-state index contributed by atoms with van der Waals surface area (Å²) in [6.45, 7) is 0.325. The molecule has 24 heavy (non-hydrogen) atoms. The largest absolute Gasteiger partial charge is 0.489 e. The number of nitrogens with one attached hydrogen (secondary N) is 1. The predicted octanol–water partition coefficient (Wildman–Crippen LogP) is 2.96. The molecule has 1 aliphatic heterocycles. The van der Waals surface area contributed by atoms with Crippen molar-refractivity contribution in [3.8, 4) is 5.75 Å². The van der Waals surface area contributed by atoms with Crippen LogP contribution in [0, 0.1) is 5.82 Å². The molecule has 1 heterocycles. The molecule has 1 saturated heterocycles. The first-order valence-electron chi connectivity index (χ1n) is 7.20. The monoisotopic (exact) mass is 343 g/mol. The molecule has 7 heteroatoms. The quantitative estimate of drug-likeness (QED) is 0.671. The standard InChI is InChI=1S/C17H14FN3O2S/c18-14-5-2-6-15(8-14)23-10-13-4-1-3-12(7-13)9-19-21-17-20-16(22)11-24-17/h1-9H,10-11H2,(H,20,21,22). The first-order valence-corrected chi connectivity index (χ1v) is 8.18. The predicted molar refractivity (Wildman–Crippen MR) is 92.8 cm³/mol. The summed E-state index contributed by atoms with van der Waals surface area (Å²) in [6.07, 6.45) is 1.60. The Morgan fingerprint density at radius 1 is 1.25 bits per heavy atom. The van der Waals surface area contributed by atoms with Gasteiger partial charge in [-0.05, 0) is 29.3 Å². The average Bonchev–Trinajstić information content (AvgIpc) is 2.99. The van der Waals surface area contributed by atoms with Gasteiger partial charge in [0.2, 0.25) is 5.91 Å². The lowest BCUT2D eigenvalue weighted by atomic mass is 10.1. The van der Waals surface area contributed by atoms with Gasteiger partial charge in [-0.15, -0.1) is 5.10 Å². The first kappa shape index (κ1) is 16.2. The average molecular weight is 343 g/mol. The molecule has 0 saturated carbocycles. The molecular weight excluding hydrogens is 329 g/mol. The van der Waals surface area contributed by atoms with Crippen molar-refractivity contribution >= 4 is 29.1 Å². The number of hydrogen-bond donors (Lipinski definition) is 1. The van der Waals surface area contributed by atoms with Gasteiger partial charge in [0.15, 0.2) is 5.17 Å². The number of thioether (sulfide) groups is 1. The Hall–Kier alpha value is -2.67. The molecule has 0 aliphatic carbocycles. The molecule has 122 valence electrons. The molecule has 1 aliphatic rings. The Bertz CT molecular complexity index is 808. The Morgan fingerprint density at radius 2 is 2.12 bits per heavy atom. The number of carbonyl (C=O) groups excluding carboxylic acids is 1. The van der Waals surface area contributed by atoms with Crippen molar-refractivity contribution in [2.24, 2.45) is 10.2 Å². The minimum Gasteiger partial charge on any atom is -0.489 e. The summed E-state index contributed by atoms with van der Waals surface area (Å²) in [5, 5.41) is 11.0. The fraction of sp³-hybridized carbons (Fsp3) is 0.118. The number of benzene rings is 2. The summed E-state index contributed by atoms with van der Waals surface area (Å²) >= 11 is 1.32.